The Kier molecular flexibility index (Phi) is 4.60. The standard InChI is InChI=1S/C11H16N2O2/c1-3-9(2)8-15-11(14)13-10-5-4-6-12-7-10/h4-7,9H,3,8H2,1-2H3,(H,13,14)/t9-/m0/s1. The van der Waals surface area contributed by atoms with Gasteiger partial charge in [-0.05, 0) is 18.1 Å². The van der Waals surface area contributed by atoms with Crippen molar-refractivity contribution in [3.63, 3.8) is 0 Å². The second-order valence-corrected chi connectivity index (χ2v) is 3.48. The lowest BCUT2D eigenvalue weighted by Gasteiger charge is -2.10. The summed E-state index contributed by atoms with van der Waals surface area (Å²) in [6.07, 6.45) is 3.80. The first-order valence-electron chi connectivity index (χ1n) is 5.06. The second-order valence-electron chi connectivity index (χ2n) is 3.48. The van der Waals surface area contributed by atoms with Crippen LogP contribution in [0.15, 0.2) is 24.5 Å². The molecule has 0 bridgehead atoms. The van der Waals surface area contributed by atoms with Gasteiger partial charge in [-0.25, -0.2) is 4.79 Å². The molecule has 1 aromatic heterocycles. The summed E-state index contributed by atoms with van der Waals surface area (Å²) in [5, 5.41) is 2.60. The number of nitrogens with zero attached hydrogens (tertiary/aromatic N) is 1. The molecule has 4 heteroatoms. The van der Waals surface area contributed by atoms with Gasteiger partial charge in [-0.3, -0.25) is 10.3 Å². The molecule has 0 aliphatic carbocycles. The molecule has 0 saturated heterocycles. The van der Waals surface area contributed by atoms with Crippen LogP contribution in [-0.2, 0) is 4.74 Å². The maximum Gasteiger partial charge on any atom is 0.411 e. The number of amides is 1. The van der Waals surface area contributed by atoms with Crippen molar-refractivity contribution in [1.82, 2.24) is 4.98 Å². The quantitative estimate of drug-likeness (QED) is 0.827. The molecule has 0 saturated carbocycles. The third-order valence-corrected chi connectivity index (χ3v) is 2.10. The molecular weight excluding hydrogens is 192 g/mol. The number of ether oxygens (including phenoxy) is 1. The summed E-state index contributed by atoms with van der Waals surface area (Å²) < 4.78 is 5.02. The Morgan fingerprint density at radius 3 is 3.07 bits per heavy atom. The van der Waals surface area contributed by atoms with Gasteiger partial charge in [0.25, 0.3) is 0 Å². The molecule has 1 atom stereocenters. The first-order valence-corrected chi connectivity index (χ1v) is 5.06. The number of hydrogen-bond acceptors (Lipinski definition) is 3. The van der Waals surface area contributed by atoms with E-state index in [0.29, 0.717) is 18.2 Å². The third kappa shape index (κ3) is 4.44. The highest BCUT2D eigenvalue weighted by Crippen LogP contribution is 2.05. The van der Waals surface area contributed by atoms with Crippen molar-refractivity contribution in [2.24, 2.45) is 5.92 Å². The second kappa shape index (κ2) is 6.01. The normalized spacial score (nSPS) is 11.9. The Bertz CT molecular complexity index is 301. The summed E-state index contributed by atoms with van der Waals surface area (Å²) >= 11 is 0. The van der Waals surface area contributed by atoms with E-state index in [1.165, 1.54) is 0 Å². The fourth-order valence-electron chi connectivity index (χ4n) is 0.926. The lowest BCUT2D eigenvalue weighted by molar-refractivity contribution is 0.143. The molecule has 4 nitrogen and oxygen atoms in total. The van der Waals surface area contributed by atoms with E-state index in [0.717, 1.165) is 6.42 Å². The van der Waals surface area contributed by atoms with E-state index in [1.54, 1.807) is 24.5 Å². The summed E-state index contributed by atoms with van der Waals surface area (Å²) in [4.78, 5) is 15.2. The van der Waals surface area contributed by atoms with E-state index in [9.17, 15) is 4.79 Å². The third-order valence-electron chi connectivity index (χ3n) is 2.10. The van der Waals surface area contributed by atoms with Crippen molar-refractivity contribution < 1.29 is 9.53 Å². The molecule has 82 valence electrons. The number of nitrogens with one attached hydrogen (secondary N) is 1. The molecular formula is C11H16N2O2. The van der Waals surface area contributed by atoms with Gasteiger partial charge in [0.1, 0.15) is 0 Å². The summed E-state index contributed by atoms with van der Waals surface area (Å²) in [7, 11) is 0. The highest BCUT2D eigenvalue weighted by molar-refractivity contribution is 5.84. The predicted octanol–water partition coefficient (Wildman–Crippen LogP) is 2.68. The van der Waals surface area contributed by atoms with E-state index in [1.807, 2.05) is 6.92 Å². The van der Waals surface area contributed by atoms with Crippen molar-refractivity contribution >= 4 is 11.8 Å². The Morgan fingerprint density at radius 1 is 1.67 bits per heavy atom. The van der Waals surface area contributed by atoms with Gasteiger partial charge in [-0.2, -0.15) is 0 Å². The van der Waals surface area contributed by atoms with Gasteiger partial charge in [0.2, 0.25) is 0 Å². The van der Waals surface area contributed by atoms with Gasteiger partial charge >= 0.3 is 6.09 Å². The Labute approximate surface area is 89.7 Å². The number of rotatable bonds is 4. The average molecular weight is 208 g/mol. The van der Waals surface area contributed by atoms with Crippen LogP contribution in [0.5, 0.6) is 0 Å². The number of anilines is 1. The predicted molar refractivity (Wildman–Crippen MR) is 58.7 cm³/mol. The molecule has 0 spiro atoms. The largest absolute Gasteiger partial charge is 0.449 e. The van der Waals surface area contributed by atoms with Gasteiger partial charge in [0.15, 0.2) is 0 Å². The molecule has 1 aromatic rings. The van der Waals surface area contributed by atoms with Crippen LogP contribution in [0, 0.1) is 5.92 Å². The minimum absolute atomic E-state index is 0.393. The van der Waals surface area contributed by atoms with Crippen LogP contribution in [0.3, 0.4) is 0 Å². The van der Waals surface area contributed by atoms with Crippen LogP contribution in [0.2, 0.25) is 0 Å². The minimum atomic E-state index is -0.427. The SMILES string of the molecule is CC[C@H](C)COC(=O)Nc1cccnc1. The Hall–Kier alpha value is -1.58. The molecule has 1 N–H and O–H groups in total. The number of carbonyl (C=O) groups excluding carboxylic acids is 1. The lowest BCUT2D eigenvalue weighted by Crippen LogP contribution is -2.17. The van der Waals surface area contributed by atoms with Crippen LogP contribution in [0.4, 0.5) is 10.5 Å². The molecule has 0 unspecified atom stereocenters. The molecule has 1 rings (SSSR count). The molecule has 0 aliphatic rings. The molecule has 0 aliphatic heterocycles. The van der Waals surface area contributed by atoms with Gasteiger partial charge in [0.05, 0.1) is 18.5 Å². The average Bonchev–Trinajstić information content (AvgIpc) is 2.27. The fraction of sp³-hybridized carbons (Fsp3) is 0.455. The van der Waals surface area contributed by atoms with E-state index in [-0.39, 0.29) is 0 Å². The minimum Gasteiger partial charge on any atom is -0.449 e. The van der Waals surface area contributed by atoms with Gasteiger partial charge in [-0.1, -0.05) is 20.3 Å². The number of aromatic nitrogens is 1. The van der Waals surface area contributed by atoms with Gasteiger partial charge in [-0.15, -0.1) is 0 Å². The van der Waals surface area contributed by atoms with Gasteiger partial charge < -0.3 is 4.74 Å². The summed E-state index contributed by atoms with van der Waals surface area (Å²) in [6, 6.07) is 3.52. The highest BCUT2D eigenvalue weighted by Gasteiger charge is 2.05. The summed E-state index contributed by atoms with van der Waals surface area (Å²) in [5.74, 6) is 0.393. The van der Waals surface area contributed by atoms with Crippen molar-refractivity contribution in [3.05, 3.63) is 24.5 Å². The fourth-order valence-corrected chi connectivity index (χ4v) is 0.926. The molecule has 0 fully saturated rings. The summed E-state index contributed by atoms with van der Waals surface area (Å²) in [6.45, 7) is 4.55. The van der Waals surface area contributed by atoms with Crippen LogP contribution >= 0.6 is 0 Å². The van der Waals surface area contributed by atoms with E-state index >= 15 is 0 Å². The zero-order valence-corrected chi connectivity index (χ0v) is 9.06. The highest BCUT2D eigenvalue weighted by atomic mass is 16.5. The van der Waals surface area contributed by atoms with Crippen molar-refractivity contribution in [3.8, 4) is 0 Å². The van der Waals surface area contributed by atoms with E-state index in [4.69, 9.17) is 4.74 Å². The van der Waals surface area contributed by atoms with Crippen molar-refractivity contribution in [1.29, 1.82) is 0 Å². The smallest absolute Gasteiger partial charge is 0.411 e. The maximum absolute atomic E-state index is 11.3. The number of hydrogen-bond donors (Lipinski definition) is 1. The topological polar surface area (TPSA) is 51.2 Å². The molecule has 0 aromatic carbocycles. The molecule has 15 heavy (non-hydrogen) atoms. The zero-order valence-electron chi connectivity index (χ0n) is 9.06. The first-order chi connectivity index (χ1) is 7.22. The number of pyridine rings is 1. The Balaban J connectivity index is 2.31. The summed E-state index contributed by atoms with van der Waals surface area (Å²) in [5.41, 5.74) is 0.645. The van der Waals surface area contributed by atoms with Crippen LogP contribution in [0.25, 0.3) is 0 Å². The Morgan fingerprint density at radius 2 is 2.47 bits per heavy atom. The monoisotopic (exact) mass is 208 g/mol. The van der Waals surface area contributed by atoms with Crippen LogP contribution in [0.1, 0.15) is 20.3 Å². The molecule has 1 heterocycles. The van der Waals surface area contributed by atoms with Crippen LogP contribution in [-0.4, -0.2) is 17.7 Å². The van der Waals surface area contributed by atoms with Crippen molar-refractivity contribution in [2.75, 3.05) is 11.9 Å². The van der Waals surface area contributed by atoms with E-state index in [2.05, 4.69) is 17.2 Å². The first kappa shape index (κ1) is 11.5. The van der Waals surface area contributed by atoms with Crippen LogP contribution < -0.4 is 5.32 Å². The lowest BCUT2D eigenvalue weighted by atomic mass is 10.1. The zero-order chi connectivity index (χ0) is 11.1. The number of carbonyl (C=O) groups is 1. The van der Waals surface area contributed by atoms with Gasteiger partial charge in [0, 0.05) is 6.20 Å². The maximum atomic E-state index is 11.3. The molecule has 1 amide bonds. The van der Waals surface area contributed by atoms with E-state index < -0.39 is 6.09 Å². The molecule has 0 radical (unpaired) electrons. The van der Waals surface area contributed by atoms with Crippen molar-refractivity contribution in [2.45, 2.75) is 20.3 Å².